The van der Waals surface area contributed by atoms with Gasteiger partial charge in [-0.2, -0.15) is 0 Å². The van der Waals surface area contributed by atoms with Gasteiger partial charge in [0.25, 0.3) is 0 Å². The lowest BCUT2D eigenvalue weighted by Gasteiger charge is -2.36. The molecule has 5 nitrogen and oxygen atoms in total. The number of rotatable bonds is 4. The van der Waals surface area contributed by atoms with Gasteiger partial charge in [-0.3, -0.25) is 4.90 Å². The minimum atomic E-state index is 0. The molecule has 1 unspecified atom stereocenters. The minimum Gasteiger partial charge on any atom is -0.495 e. The number of piperazine rings is 1. The summed E-state index contributed by atoms with van der Waals surface area (Å²) in [5, 5.41) is 4.60. The van der Waals surface area contributed by atoms with E-state index in [1.165, 1.54) is 0 Å². The van der Waals surface area contributed by atoms with Crippen molar-refractivity contribution in [3.8, 4) is 5.75 Å². The van der Waals surface area contributed by atoms with Crippen molar-refractivity contribution in [1.29, 1.82) is 0 Å². The molecule has 132 valence electrons. The van der Waals surface area contributed by atoms with Crippen LogP contribution < -0.4 is 10.1 Å². The topological polar surface area (TPSA) is 42.3 Å². The molecule has 2 aromatic rings. The summed E-state index contributed by atoms with van der Waals surface area (Å²) in [6.07, 6.45) is 3.80. The second kappa shape index (κ2) is 8.41. The number of aromatic nitrogens is 2. The molecule has 1 aliphatic heterocycles. The second-order valence-electron chi connectivity index (χ2n) is 5.67. The standard InChI is InChI=1S/C16H20Cl2N4O.ClH/c1-21-5-4-20-16(21)14-9-19-3-6-22(14)10-11-7-12(17)8-13(18)15(11)23-2;/h4-5,7-8,14,19H,3,6,9-10H2,1-2H3;1H. The van der Waals surface area contributed by atoms with E-state index in [1.807, 2.05) is 25.5 Å². The zero-order chi connectivity index (χ0) is 16.4. The Balaban J connectivity index is 0.00000208. The van der Waals surface area contributed by atoms with Gasteiger partial charge in [-0.15, -0.1) is 12.4 Å². The van der Waals surface area contributed by atoms with Crippen LogP contribution in [-0.4, -0.2) is 41.2 Å². The van der Waals surface area contributed by atoms with Crippen molar-refractivity contribution in [2.24, 2.45) is 7.05 Å². The third-order valence-corrected chi connectivity index (χ3v) is 4.67. The van der Waals surface area contributed by atoms with Crippen LogP contribution in [0, 0.1) is 0 Å². The molecular formula is C16H21Cl3N4O. The molecule has 1 aromatic heterocycles. The van der Waals surface area contributed by atoms with Crippen LogP contribution >= 0.6 is 35.6 Å². The van der Waals surface area contributed by atoms with Crippen LogP contribution in [0.5, 0.6) is 5.75 Å². The number of nitrogens with zero attached hydrogens (tertiary/aromatic N) is 3. The molecule has 1 aromatic carbocycles. The summed E-state index contributed by atoms with van der Waals surface area (Å²) >= 11 is 12.4. The van der Waals surface area contributed by atoms with Gasteiger partial charge in [0.2, 0.25) is 0 Å². The molecule has 24 heavy (non-hydrogen) atoms. The van der Waals surface area contributed by atoms with E-state index < -0.39 is 0 Å². The molecule has 0 bridgehead atoms. The largest absolute Gasteiger partial charge is 0.495 e. The molecule has 1 fully saturated rings. The Morgan fingerprint density at radius 3 is 2.83 bits per heavy atom. The van der Waals surface area contributed by atoms with E-state index in [0.717, 1.165) is 31.0 Å². The fourth-order valence-corrected chi connectivity index (χ4v) is 3.68. The molecule has 1 saturated heterocycles. The lowest BCUT2D eigenvalue weighted by atomic mass is 10.1. The Morgan fingerprint density at radius 2 is 2.17 bits per heavy atom. The average molecular weight is 392 g/mol. The summed E-state index contributed by atoms with van der Waals surface area (Å²) in [4.78, 5) is 6.89. The van der Waals surface area contributed by atoms with Crippen LogP contribution in [0.2, 0.25) is 10.0 Å². The van der Waals surface area contributed by atoms with Crippen molar-refractivity contribution >= 4 is 35.6 Å². The highest BCUT2D eigenvalue weighted by atomic mass is 35.5. The molecule has 3 rings (SSSR count). The van der Waals surface area contributed by atoms with E-state index >= 15 is 0 Å². The Hall–Kier alpha value is -0.980. The van der Waals surface area contributed by atoms with Crippen LogP contribution in [0.1, 0.15) is 17.4 Å². The number of benzene rings is 1. The molecule has 0 amide bonds. The monoisotopic (exact) mass is 390 g/mol. The Kier molecular flexibility index (Phi) is 6.78. The second-order valence-corrected chi connectivity index (χ2v) is 6.51. The molecular weight excluding hydrogens is 371 g/mol. The lowest BCUT2D eigenvalue weighted by molar-refractivity contribution is 0.143. The number of hydrogen-bond donors (Lipinski definition) is 1. The predicted octanol–water partition coefficient (Wildman–Crippen LogP) is 3.30. The number of hydrogen-bond acceptors (Lipinski definition) is 4. The molecule has 1 atom stereocenters. The Bertz CT molecular complexity index is 692. The van der Waals surface area contributed by atoms with Crippen LogP contribution in [-0.2, 0) is 13.6 Å². The first-order valence-corrected chi connectivity index (χ1v) is 8.29. The smallest absolute Gasteiger partial charge is 0.142 e. The number of halogens is 3. The van der Waals surface area contributed by atoms with E-state index in [4.69, 9.17) is 27.9 Å². The molecule has 0 spiro atoms. The Labute approximate surface area is 158 Å². The van der Waals surface area contributed by atoms with E-state index in [0.29, 0.717) is 22.3 Å². The number of imidazole rings is 1. The van der Waals surface area contributed by atoms with E-state index in [-0.39, 0.29) is 18.4 Å². The van der Waals surface area contributed by atoms with Crippen molar-refractivity contribution in [3.63, 3.8) is 0 Å². The summed E-state index contributed by atoms with van der Waals surface area (Å²) in [5.74, 6) is 1.73. The maximum Gasteiger partial charge on any atom is 0.142 e. The lowest BCUT2D eigenvalue weighted by Crippen LogP contribution is -2.46. The van der Waals surface area contributed by atoms with Crippen LogP contribution in [0.15, 0.2) is 24.5 Å². The van der Waals surface area contributed by atoms with Crippen LogP contribution in [0.25, 0.3) is 0 Å². The molecule has 1 aliphatic rings. The van der Waals surface area contributed by atoms with Gasteiger partial charge in [0, 0.05) is 56.2 Å². The predicted molar refractivity (Wildman–Crippen MR) is 99.5 cm³/mol. The molecule has 1 N–H and O–H groups in total. The van der Waals surface area contributed by atoms with Gasteiger partial charge in [-0.05, 0) is 12.1 Å². The maximum atomic E-state index is 6.26. The fraction of sp³-hybridized carbons (Fsp3) is 0.438. The number of methoxy groups -OCH3 is 1. The van der Waals surface area contributed by atoms with Gasteiger partial charge in [0.15, 0.2) is 0 Å². The first-order valence-electron chi connectivity index (χ1n) is 7.54. The van der Waals surface area contributed by atoms with Gasteiger partial charge in [0.1, 0.15) is 11.6 Å². The number of aryl methyl sites for hydroxylation is 1. The third-order valence-electron chi connectivity index (χ3n) is 4.17. The molecule has 0 saturated carbocycles. The minimum absolute atomic E-state index is 0. The highest BCUT2D eigenvalue weighted by Gasteiger charge is 2.27. The van der Waals surface area contributed by atoms with Crippen molar-refractivity contribution in [2.45, 2.75) is 12.6 Å². The maximum absolute atomic E-state index is 6.26. The molecule has 2 heterocycles. The highest BCUT2D eigenvalue weighted by molar-refractivity contribution is 6.35. The third kappa shape index (κ3) is 3.98. The summed E-state index contributed by atoms with van der Waals surface area (Å²) in [6.45, 7) is 3.44. The van der Waals surface area contributed by atoms with Gasteiger partial charge in [-0.1, -0.05) is 23.2 Å². The Morgan fingerprint density at radius 1 is 1.38 bits per heavy atom. The van der Waals surface area contributed by atoms with Gasteiger partial charge in [-0.25, -0.2) is 4.98 Å². The first-order chi connectivity index (χ1) is 11.1. The summed E-state index contributed by atoms with van der Waals surface area (Å²) < 4.78 is 7.53. The van der Waals surface area contributed by atoms with Crippen LogP contribution in [0.3, 0.4) is 0 Å². The van der Waals surface area contributed by atoms with E-state index in [1.54, 1.807) is 13.2 Å². The van der Waals surface area contributed by atoms with E-state index in [2.05, 4.69) is 19.8 Å². The zero-order valence-electron chi connectivity index (χ0n) is 13.6. The fourth-order valence-electron chi connectivity index (χ4n) is 3.07. The van der Waals surface area contributed by atoms with Crippen molar-refractivity contribution in [1.82, 2.24) is 19.8 Å². The average Bonchev–Trinajstić information content (AvgIpc) is 2.93. The van der Waals surface area contributed by atoms with Crippen LogP contribution in [0.4, 0.5) is 0 Å². The van der Waals surface area contributed by atoms with Crippen molar-refractivity contribution in [2.75, 3.05) is 26.7 Å². The number of nitrogens with one attached hydrogen (secondary N) is 1. The highest BCUT2D eigenvalue weighted by Crippen LogP contribution is 2.34. The quantitative estimate of drug-likeness (QED) is 0.868. The number of ether oxygens (including phenoxy) is 1. The molecule has 8 heteroatoms. The van der Waals surface area contributed by atoms with Crippen molar-refractivity contribution in [3.05, 3.63) is 46.0 Å². The summed E-state index contributed by atoms with van der Waals surface area (Å²) in [6, 6.07) is 3.83. The normalized spacial score (nSPS) is 18.2. The molecule has 0 radical (unpaired) electrons. The zero-order valence-corrected chi connectivity index (χ0v) is 16.0. The molecule has 0 aliphatic carbocycles. The SMILES string of the molecule is COc1c(Cl)cc(Cl)cc1CN1CCNCC1c1nccn1C.Cl. The van der Waals surface area contributed by atoms with Gasteiger partial charge < -0.3 is 14.6 Å². The summed E-state index contributed by atoms with van der Waals surface area (Å²) in [5.41, 5.74) is 0.992. The van der Waals surface area contributed by atoms with E-state index in [9.17, 15) is 0 Å². The van der Waals surface area contributed by atoms with Crippen molar-refractivity contribution < 1.29 is 4.74 Å². The van der Waals surface area contributed by atoms with Gasteiger partial charge in [0.05, 0.1) is 18.2 Å². The first kappa shape index (κ1) is 19.3. The van der Waals surface area contributed by atoms with Gasteiger partial charge >= 0.3 is 0 Å². The summed E-state index contributed by atoms with van der Waals surface area (Å²) in [7, 11) is 3.65.